The molecule has 1 aliphatic rings. The number of carbonyl (C=O) groups is 2. The molecule has 3 N–H and O–H groups in total. The van der Waals surface area contributed by atoms with Gasteiger partial charge < -0.3 is 20.3 Å². The summed E-state index contributed by atoms with van der Waals surface area (Å²) in [7, 11) is 1.57. The van der Waals surface area contributed by atoms with Crippen LogP contribution in [0.2, 0.25) is 0 Å². The second kappa shape index (κ2) is 5.81. The summed E-state index contributed by atoms with van der Waals surface area (Å²) in [4.78, 5) is 29.4. The van der Waals surface area contributed by atoms with E-state index in [4.69, 9.17) is 0 Å². The zero-order valence-electron chi connectivity index (χ0n) is 12.4. The highest BCUT2D eigenvalue weighted by molar-refractivity contribution is 6.07. The quantitative estimate of drug-likeness (QED) is 0.776. The van der Waals surface area contributed by atoms with Crippen LogP contribution in [0.4, 0.5) is 0 Å². The first-order valence-corrected chi connectivity index (χ1v) is 7.33. The lowest BCUT2D eigenvalue weighted by molar-refractivity contribution is -0.125. The van der Waals surface area contributed by atoms with Crippen LogP contribution in [-0.2, 0) is 4.79 Å². The van der Waals surface area contributed by atoms with Crippen molar-refractivity contribution in [3.8, 4) is 0 Å². The number of aromatic nitrogens is 1. The molecule has 0 saturated carbocycles. The van der Waals surface area contributed by atoms with E-state index < -0.39 is 0 Å². The molecule has 1 saturated heterocycles. The third-order valence-electron chi connectivity index (χ3n) is 4.37. The van der Waals surface area contributed by atoms with Crippen LogP contribution in [0.25, 0.3) is 10.9 Å². The number of hydrogen-bond acceptors (Lipinski definition) is 3. The first-order valence-electron chi connectivity index (χ1n) is 7.33. The first kappa shape index (κ1) is 14.6. The zero-order chi connectivity index (χ0) is 15.7. The van der Waals surface area contributed by atoms with E-state index in [1.54, 1.807) is 18.1 Å². The lowest BCUT2D eigenvalue weighted by atomic mass is 9.96. The summed E-state index contributed by atoms with van der Waals surface area (Å²) in [5.74, 6) is -0.811. The lowest BCUT2D eigenvalue weighted by Crippen LogP contribution is -2.34. The summed E-state index contributed by atoms with van der Waals surface area (Å²) in [6.07, 6.45) is 1.70. The predicted molar refractivity (Wildman–Crippen MR) is 82.3 cm³/mol. The van der Waals surface area contributed by atoms with Crippen LogP contribution >= 0.6 is 0 Å². The molecule has 0 aliphatic carbocycles. The van der Waals surface area contributed by atoms with Gasteiger partial charge in [-0.3, -0.25) is 9.59 Å². The summed E-state index contributed by atoms with van der Waals surface area (Å²) in [5, 5.41) is 12.9. The van der Waals surface area contributed by atoms with Gasteiger partial charge in [-0.1, -0.05) is 18.2 Å². The Morgan fingerprint density at radius 1 is 1.36 bits per heavy atom. The molecule has 1 fully saturated rings. The second-order valence-corrected chi connectivity index (χ2v) is 5.62. The minimum absolute atomic E-state index is 0.101. The highest BCUT2D eigenvalue weighted by atomic mass is 16.3. The minimum Gasteiger partial charge on any atom is -0.396 e. The summed E-state index contributed by atoms with van der Waals surface area (Å²) >= 11 is 0. The number of amides is 2. The number of carbonyl (C=O) groups excluding carboxylic acids is 2. The Morgan fingerprint density at radius 3 is 2.86 bits per heavy atom. The molecule has 3 rings (SSSR count). The largest absolute Gasteiger partial charge is 0.396 e. The fraction of sp³-hybridized carbons (Fsp3) is 0.375. The van der Waals surface area contributed by atoms with Gasteiger partial charge in [-0.2, -0.15) is 0 Å². The number of aliphatic hydroxyl groups excluding tert-OH is 1. The SMILES string of the molecule is CNC(=O)[C@@H]1CN(C(=O)c2c[nH]c3ccccc23)C[C@H]1CO. The van der Waals surface area contributed by atoms with Gasteiger partial charge in [-0.25, -0.2) is 0 Å². The Hall–Kier alpha value is -2.34. The number of hydrogen-bond donors (Lipinski definition) is 3. The second-order valence-electron chi connectivity index (χ2n) is 5.62. The molecule has 116 valence electrons. The van der Waals surface area contributed by atoms with Crippen molar-refractivity contribution >= 4 is 22.7 Å². The van der Waals surface area contributed by atoms with E-state index >= 15 is 0 Å². The highest BCUT2D eigenvalue weighted by Gasteiger charge is 2.39. The Kier molecular flexibility index (Phi) is 3.85. The van der Waals surface area contributed by atoms with E-state index in [1.165, 1.54) is 0 Å². The molecule has 0 bridgehead atoms. The topological polar surface area (TPSA) is 85.4 Å². The van der Waals surface area contributed by atoms with E-state index in [1.807, 2.05) is 24.3 Å². The number of aromatic amines is 1. The number of aliphatic hydroxyl groups is 1. The number of likely N-dealkylation sites (tertiary alicyclic amines) is 1. The molecule has 0 unspecified atom stereocenters. The van der Waals surface area contributed by atoms with Crippen molar-refractivity contribution in [1.29, 1.82) is 0 Å². The first-order chi connectivity index (χ1) is 10.7. The molecule has 6 heteroatoms. The van der Waals surface area contributed by atoms with E-state index in [0.717, 1.165) is 10.9 Å². The molecule has 2 heterocycles. The number of nitrogens with one attached hydrogen (secondary N) is 2. The number of H-pyrrole nitrogens is 1. The van der Waals surface area contributed by atoms with Gasteiger partial charge in [0.05, 0.1) is 11.5 Å². The molecule has 22 heavy (non-hydrogen) atoms. The molecule has 1 aromatic heterocycles. The number of nitrogens with zero attached hydrogens (tertiary/aromatic N) is 1. The zero-order valence-corrected chi connectivity index (χ0v) is 12.4. The number of para-hydroxylation sites is 1. The van der Waals surface area contributed by atoms with E-state index in [2.05, 4.69) is 10.3 Å². The summed E-state index contributed by atoms with van der Waals surface area (Å²) in [5.41, 5.74) is 1.51. The number of fused-ring (bicyclic) bond motifs is 1. The summed E-state index contributed by atoms with van der Waals surface area (Å²) in [6.45, 7) is 0.631. The van der Waals surface area contributed by atoms with Crippen molar-refractivity contribution in [3.05, 3.63) is 36.0 Å². The van der Waals surface area contributed by atoms with Gasteiger partial charge >= 0.3 is 0 Å². The van der Waals surface area contributed by atoms with Crippen LogP contribution < -0.4 is 5.32 Å². The van der Waals surface area contributed by atoms with Crippen molar-refractivity contribution in [1.82, 2.24) is 15.2 Å². The van der Waals surface area contributed by atoms with Crippen molar-refractivity contribution in [2.75, 3.05) is 26.7 Å². The van der Waals surface area contributed by atoms with Gasteiger partial charge in [0.15, 0.2) is 0 Å². The fourth-order valence-electron chi connectivity index (χ4n) is 3.12. The number of rotatable bonds is 3. The minimum atomic E-state index is -0.357. The summed E-state index contributed by atoms with van der Waals surface area (Å²) in [6, 6.07) is 7.61. The van der Waals surface area contributed by atoms with Crippen molar-refractivity contribution in [2.24, 2.45) is 11.8 Å². The van der Waals surface area contributed by atoms with Crippen LogP contribution in [-0.4, -0.2) is 53.5 Å². The molecular weight excluding hydrogens is 282 g/mol. The average molecular weight is 301 g/mol. The van der Waals surface area contributed by atoms with Gasteiger partial charge in [0.2, 0.25) is 5.91 Å². The molecule has 2 atom stereocenters. The lowest BCUT2D eigenvalue weighted by Gasteiger charge is -2.15. The molecule has 1 aliphatic heterocycles. The smallest absolute Gasteiger partial charge is 0.256 e. The monoisotopic (exact) mass is 301 g/mol. The molecule has 0 radical (unpaired) electrons. The fourth-order valence-corrected chi connectivity index (χ4v) is 3.12. The summed E-state index contributed by atoms with van der Waals surface area (Å²) < 4.78 is 0. The van der Waals surface area contributed by atoms with Crippen LogP contribution in [0.1, 0.15) is 10.4 Å². The third kappa shape index (κ3) is 2.35. The van der Waals surface area contributed by atoms with Gasteiger partial charge in [-0.05, 0) is 6.07 Å². The molecule has 2 aromatic rings. The van der Waals surface area contributed by atoms with Crippen LogP contribution in [0.5, 0.6) is 0 Å². The van der Waals surface area contributed by atoms with Crippen LogP contribution in [0.3, 0.4) is 0 Å². The van der Waals surface area contributed by atoms with Crippen LogP contribution in [0, 0.1) is 11.8 Å². The van der Waals surface area contributed by atoms with Crippen molar-refractivity contribution in [3.63, 3.8) is 0 Å². The van der Waals surface area contributed by atoms with E-state index in [-0.39, 0.29) is 30.3 Å². The Balaban J connectivity index is 1.85. The van der Waals surface area contributed by atoms with E-state index in [0.29, 0.717) is 18.7 Å². The van der Waals surface area contributed by atoms with Crippen LogP contribution in [0.15, 0.2) is 30.5 Å². The van der Waals surface area contributed by atoms with E-state index in [9.17, 15) is 14.7 Å². The normalized spacial score (nSPS) is 21.3. The van der Waals surface area contributed by atoms with Gasteiger partial charge in [-0.15, -0.1) is 0 Å². The predicted octanol–water partition coefficient (Wildman–Crippen LogP) is 0.594. The molecule has 2 amide bonds. The number of benzene rings is 1. The maximum atomic E-state index is 12.7. The molecule has 0 spiro atoms. The standard InChI is InChI=1S/C16H19N3O3/c1-17-15(21)13-8-19(7-10(13)9-20)16(22)12-6-18-14-5-3-2-4-11(12)14/h2-6,10,13,18,20H,7-9H2,1H3,(H,17,21)/t10-,13+/m0/s1. The molecule has 6 nitrogen and oxygen atoms in total. The third-order valence-corrected chi connectivity index (χ3v) is 4.37. The molecular formula is C16H19N3O3. The van der Waals surface area contributed by atoms with Gasteiger partial charge in [0.1, 0.15) is 0 Å². The molecule has 1 aromatic carbocycles. The Bertz CT molecular complexity index is 709. The van der Waals surface area contributed by atoms with Crippen molar-refractivity contribution in [2.45, 2.75) is 0 Å². The average Bonchev–Trinajstić information content (AvgIpc) is 3.17. The highest BCUT2D eigenvalue weighted by Crippen LogP contribution is 2.27. The van der Waals surface area contributed by atoms with Crippen molar-refractivity contribution < 1.29 is 14.7 Å². The Labute approximate surface area is 128 Å². The van der Waals surface area contributed by atoms with Gasteiger partial charge in [0, 0.05) is 49.8 Å². The Morgan fingerprint density at radius 2 is 2.14 bits per heavy atom. The maximum Gasteiger partial charge on any atom is 0.256 e. The van der Waals surface area contributed by atoms with Gasteiger partial charge in [0.25, 0.3) is 5.91 Å². The maximum absolute atomic E-state index is 12.7.